The Kier molecular flexibility index (Phi) is 7.19. The van der Waals surface area contributed by atoms with Crippen LogP contribution in [0.5, 0.6) is 0 Å². The molecule has 9 nitrogen and oxygen atoms in total. The van der Waals surface area contributed by atoms with E-state index in [1.807, 2.05) is 28.9 Å². The predicted octanol–water partition coefficient (Wildman–Crippen LogP) is 4.31. The molecule has 1 atom stereocenters. The molecule has 2 heterocycles. The lowest BCUT2D eigenvalue weighted by atomic mass is 9.95. The monoisotopic (exact) mass is 445 g/mol. The lowest BCUT2D eigenvalue weighted by Gasteiger charge is -2.16. The average molecular weight is 446 g/mol. The van der Waals surface area contributed by atoms with E-state index in [0.29, 0.717) is 18.8 Å². The Balaban J connectivity index is 1.53. The number of unbranched alkanes of at least 4 members (excludes halogenated alkanes) is 1. The number of rotatable bonds is 11. The largest absolute Gasteiger partial charge is 0.481 e. The minimum absolute atomic E-state index is 0.0876. The maximum atomic E-state index is 11.1. The molecule has 1 unspecified atom stereocenters. The van der Waals surface area contributed by atoms with Gasteiger partial charge in [0.1, 0.15) is 12.2 Å². The molecule has 0 aliphatic carbocycles. The van der Waals surface area contributed by atoms with E-state index in [0.717, 1.165) is 47.3 Å². The molecule has 0 amide bonds. The Morgan fingerprint density at radius 3 is 2.58 bits per heavy atom. The number of carboxylic acids is 1. The number of carbonyl (C=O) groups is 1. The van der Waals surface area contributed by atoms with Gasteiger partial charge in [0.15, 0.2) is 0 Å². The van der Waals surface area contributed by atoms with Gasteiger partial charge in [-0.15, -0.1) is 10.2 Å². The first-order chi connectivity index (χ1) is 16.2. The van der Waals surface area contributed by atoms with Crippen LogP contribution in [0.15, 0.2) is 54.9 Å². The third kappa shape index (κ3) is 5.49. The second-order valence-corrected chi connectivity index (χ2v) is 8.03. The van der Waals surface area contributed by atoms with Gasteiger partial charge in [-0.2, -0.15) is 10.3 Å². The van der Waals surface area contributed by atoms with Crippen LogP contribution < -0.4 is 0 Å². The second kappa shape index (κ2) is 10.6. The number of tetrazole rings is 1. The van der Waals surface area contributed by atoms with Crippen LogP contribution in [0.3, 0.4) is 0 Å². The van der Waals surface area contributed by atoms with Crippen LogP contribution in [0.2, 0.25) is 0 Å². The number of nitrogens with zero attached hydrogens (tertiary/aromatic N) is 6. The molecule has 4 rings (SSSR count). The summed E-state index contributed by atoms with van der Waals surface area (Å²) in [5.41, 5.74) is 4.09. The molecule has 0 radical (unpaired) electrons. The number of nitrogens with one attached hydrogen (secondary N) is 1. The van der Waals surface area contributed by atoms with Crippen molar-refractivity contribution in [3.8, 4) is 22.5 Å². The van der Waals surface area contributed by atoms with E-state index in [4.69, 9.17) is 5.11 Å². The summed E-state index contributed by atoms with van der Waals surface area (Å²) in [4.78, 5) is 15.6. The maximum absolute atomic E-state index is 11.1. The summed E-state index contributed by atoms with van der Waals surface area (Å²) < 4.78 is 1.89. The lowest BCUT2D eigenvalue weighted by molar-refractivity contribution is -0.137. The Hall–Kier alpha value is -3.88. The number of aliphatic carboxylic acids is 1. The van der Waals surface area contributed by atoms with Gasteiger partial charge in [0.2, 0.25) is 5.82 Å². The number of hydrogen-bond acceptors (Lipinski definition) is 6. The molecule has 170 valence electrons. The summed E-state index contributed by atoms with van der Waals surface area (Å²) in [5, 5.41) is 28.0. The van der Waals surface area contributed by atoms with Crippen molar-refractivity contribution in [1.29, 1.82) is 0 Å². The third-order valence-electron chi connectivity index (χ3n) is 5.73. The quantitative estimate of drug-likeness (QED) is 0.353. The van der Waals surface area contributed by atoms with Crippen molar-refractivity contribution in [2.75, 3.05) is 0 Å². The van der Waals surface area contributed by atoms with Crippen molar-refractivity contribution in [1.82, 2.24) is 35.4 Å². The summed E-state index contributed by atoms with van der Waals surface area (Å²) in [7, 11) is 0. The smallest absolute Gasteiger partial charge is 0.303 e. The number of carboxylic acid groups (broad SMARTS) is 1. The first kappa shape index (κ1) is 22.3. The molecular weight excluding hydrogens is 418 g/mol. The average Bonchev–Trinajstić information content (AvgIpc) is 3.52. The topological polar surface area (TPSA) is 122 Å². The van der Waals surface area contributed by atoms with Crippen LogP contribution in [-0.2, 0) is 11.3 Å². The highest BCUT2D eigenvalue weighted by Crippen LogP contribution is 2.30. The second-order valence-electron chi connectivity index (χ2n) is 8.03. The molecule has 0 spiro atoms. The molecule has 9 heteroatoms. The van der Waals surface area contributed by atoms with Crippen LogP contribution >= 0.6 is 0 Å². The zero-order chi connectivity index (χ0) is 23.0. The van der Waals surface area contributed by atoms with Crippen LogP contribution in [0, 0.1) is 0 Å². The van der Waals surface area contributed by atoms with Crippen molar-refractivity contribution in [2.24, 2.45) is 0 Å². The van der Waals surface area contributed by atoms with E-state index in [1.54, 1.807) is 6.33 Å². The van der Waals surface area contributed by atoms with Gasteiger partial charge in [-0.3, -0.25) is 4.79 Å². The molecule has 0 bridgehead atoms. The molecule has 2 N–H and O–H groups in total. The van der Waals surface area contributed by atoms with Crippen molar-refractivity contribution in [2.45, 2.75) is 51.5 Å². The molecule has 0 aliphatic rings. The van der Waals surface area contributed by atoms with E-state index in [-0.39, 0.29) is 12.3 Å². The molecular formula is C24H27N7O2. The zero-order valence-corrected chi connectivity index (χ0v) is 18.6. The molecule has 0 fully saturated rings. The fourth-order valence-corrected chi connectivity index (χ4v) is 4.03. The van der Waals surface area contributed by atoms with Gasteiger partial charge >= 0.3 is 5.97 Å². The Labute approximate surface area is 191 Å². The predicted molar refractivity (Wildman–Crippen MR) is 123 cm³/mol. The number of H-pyrrole nitrogens is 1. The summed E-state index contributed by atoms with van der Waals surface area (Å²) in [6.07, 6.45) is 5.27. The minimum atomic E-state index is -0.778. The zero-order valence-electron chi connectivity index (χ0n) is 18.6. The van der Waals surface area contributed by atoms with Gasteiger partial charge in [0.25, 0.3) is 0 Å². The van der Waals surface area contributed by atoms with Crippen molar-refractivity contribution in [3.63, 3.8) is 0 Å². The van der Waals surface area contributed by atoms with Gasteiger partial charge in [0.05, 0.1) is 6.54 Å². The summed E-state index contributed by atoms with van der Waals surface area (Å²) in [6.45, 7) is 2.72. The fourth-order valence-electron chi connectivity index (χ4n) is 4.03. The number of hydrogen-bond donors (Lipinski definition) is 2. The SMILES string of the molecule is CCCCC(CCC(=O)O)c1ncnn1Cc1ccc(-c2ccccc2-c2nn[nH]n2)cc1. The van der Waals surface area contributed by atoms with E-state index < -0.39 is 5.97 Å². The van der Waals surface area contributed by atoms with Crippen LogP contribution in [0.1, 0.15) is 56.3 Å². The summed E-state index contributed by atoms with van der Waals surface area (Å²) in [6, 6.07) is 16.3. The van der Waals surface area contributed by atoms with Gasteiger partial charge in [-0.05, 0) is 34.7 Å². The highest BCUT2D eigenvalue weighted by molar-refractivity contribution is 5.80. The van der Waals surface area contributed by atoms with E-state index in [9.17, 15) is 4.79 Å². The number of benzene rings is 2. The Morgan fingerprint density at radius 1 is 1.09 bits per heavy atom. The molecule has 2 aromatic heterocycles. The van der Waals surface area contributed by atoms with Crippen LogP contribution in [0.25, 0.3) is 22.5 Å². The first-order valence-corrected chi connectivity index (χ1v) is 11.2. The highest BCUT2D eigenvalue weighted by Gasteiger charge is 2.19. The van der Waals surface area contributed by atoms with Crippen LogP contribution in [0.4, 0.5) is 0 Å². The number of aromatic nitrogens is 7. The first-order valence-electron chi connectivity index (χ1n) is 11.2. The molecule has 0 saturated carbocycles. The molecule has 33 heavy (non-hydrogen) atoms. The van der Waals surface area contributed by atoms with Gasteiger partial charge in [0, 0.05) is 17.9 Å². The Bertz CT molecular complexity index is 1170. The van der Waals surface area contributed by atoms with Crippen molar-refractivity contribution < 1.29 is 9.90 Å². The third-order valence-corrected chi connectivity index (χ3v) is 5.73. The molecule has 2 aromatic carbocycles. The summed E-state index contributed by atoms with van der Waals surface area (Å²) in [5.74, 6) is 0.724. The van der Waals surface area contributed by atoms with Crippen molar-refractivity contribution >= 4 is 5.97 Å². The van der Waals surface area contributed by atoms with Crippen LogP contribution in [-0.4, -0.2) is 46.5 Å². The van der Waals surface area contributed by atoms with E-state index in [1.165, 1.54) is 0 Å². The minimum Gasteiger partial charge on any atom is -0.481 e. The van der Waals surface area contributed by atoms with Gasteiger partial charge < -0.3 is 5.11 Å². The highest BCUT2D eigenvalue weighted by atomic mass is 16.4. The maximum Gasteiger partial charge on any atom is 0.303 e. The fraction of sp³-hybridized carbons (Fsp3) is 0.333. The van der Waals surface area contributed by atoms with Gasteiger partial charge in [-0.25, -0.2) is 9.67 Å². The Morgan fingerprint density at radius 2 is 1.88 bits per heavy atom. The van der Waals surface area contributed by atoms with Gasteiger partial charge in [-0.1, -0.05) is 68.3 Å². The molecule has 0 saturated heterocycles. The molecule has 0 aliphatic heterocycles. The van der Waals surface area contributed by atoms with Crippen molar-refractivity contribution in [3.05, 3.63) is 66.2 Å². The molecule has 4 aromatic rings. The normalized spacial score (nSPS) is 12.0. The standard InChI is InChI=1S/C24H27N7O2/c1-2-3-6-19(13-14-22(32)33)24-25-16-26-31(24)15-17-9-11-18(12-10-17)20-7-4-5-8-21(20)23-27-29-30-28-23/h4-5,7-12,16,19H,2-3,6,13-15H2,1H3,(H,32,33)(H,27,28,29,30). The lowest BCUT2D eigenvalue weighted by Crippen LogP contribution is -2.13. The summed E-state index contributed by atoms with van der Waals surface area (Å²) >= 11 is 0. The van der Waals surface area contributed by atoms with E-state index >= 15 is 0 Å². The number of aromatic amines is 1. The van der Waals surface area contributed by atoms with E-state index in [2.05, 4.69) is 61.9 Å².